The number of benzene rings is 2. The largest absolute Gasteiger partial charge is 0.451 e. The van der Waals surface area contributed by atoms with Gasteiger partial charge in [-0.05, 0) is 31.0 Å². The van der Waals surface area contributed by atoms with Gasteiger partial charge in [-0.15, -0.1) is 0 Å². The highest BCUT2D eigenvalue weighted by Crippen LogP contribution is 2.22. The number of carbonyl (C=O) groups is 2. The van der Waals surface area contributed by atoms with Gasteiger partial charge in [0.25, 0.3) is 5.91 Å². The molecule has 1 fully saturated rings. The number of ether oxygens (including phenoxy) is 1. The molecule has 6 nitrogen and oxygen atoms in total. The first-order valence-corrected chi connectivity index (χ1v) is 9.88. The molecule has 6 heteroatoms. The molecule has 0 unspecified atom stereocenters. The standard InChI is InChI=1S/C23H23N3O3/c27-22(24-18-11-7-8-12-18)16-29-23(28)21-15-20(17-9-3-1-4-10-17)25-26(21)19-13-5-2-6-14-19/h1-6,9-10,13-15,18H,7-8,11-12,16H2,(H,24,27). The zero-order valence-electron chi connectivity index (χ0n) is 16.1. The molecule has 0 saturated heterocycles. The van der Waals surface area contributed by atoms with Crippen molar-refractivity contribution in [3.05, 3.63) is 72.4 Å². The number of para-hydroxylation sites is 1. The van der Waals surface area contributed by atoms with E-state index in [1.54, 1.807) is 10.7 Å². The van der Waals surface area contributed by atoms with E-state index in [1.807, 2.05) is 60.7 Å². The highest BCUT2D eigenvalue weighted by molar-refractivity contribution is 5.91. The molecule has 2 aromatic carbocycles. The van der Waals surface area contributed by atoms with Crippen LogP contribution in [0.3, 0.4) is 0 Å². The van der Waals surface area contributed by atoms with Crippen LogP contribution < -0.4 is 5.32 Å². The first-order chi connectivity index (χ1) is 14.2. The van der Waals surface area contributed by atoms with Crippen molar-refractivity contribution in [2.24, 2.45) is 0 Å². The van der Waals surface area contributed by atoms with Crippen LogP contribution in [0.25, 0.3) is 16.9 Å². The number of carbonyl (C=O) groups excluding carboxylic acids is 2. The summed E-state index contributed by atoms with van der Waals surface area (Å²) in [6.07, 6.45) is 4.23. The first-order valence-electron chi connectivity index (χ1n) is 9.88. The lowest BCUT2D eigenvalue weighted by Gasteiger charge is -2.12. The second kappa shape index (κ2) is 8.73. The van der Waals surface area contributed by atoms with Crippen LogP contribution in [0.4, 0.5) is 0 Å². The van der Waals surface area contributed by atoms with Gasteiger partial charge in [0.1, 0.15) is 0 Å². The lowest BCUT2D eigenvalue weighted by molar-refractivity contribution is -0.124. The summed E-state index contributed by atoms with van der Waals surface area (Å²) in [5.41, 5.74) is 2.59. The molecular weight excluding hydrogens is 366 g/mol. The van der Waals surface area contributed by atoms with E-state index < -0.39 is 5.97 Å². The quantitative estimate of drug-likeness (QED) is 0.652. The van der Waals surface area contributed by atoms with E-state index in [-0.39, 0.29) is 24.2 Å². The van der Waals surface area contributed by atoms with E-state index in [9.17, 15) is 9.59 Å². The Balaban J connectivity index is 1.53. The Labute approximate surface area is 169 Å². The number of hydrogen-bond donors (Lipinski definition) is 1. The fourth-order valence-corrected chi connectivity index (χ4v) is 3.59. The third kappa shape index (κ3) is 4.54. The van der Waals surface area contributed by atoms with Crippen molar-refractivity contribution >= 4 is 11.9 Å². The maximum Gasteiger partial charge on any atom is 0.357 e. The topological polar surface area (TPSA) is 73.2 Å². The Morgan fingerprint density at radius 1 is 1.00 bits per heavy atom. The molecule has 0 spiro atoms. The second-order valence-electron chi connectivity index (χ2n) is 7.15. The fourth-order valence-electron chi connectivity index (χ4n) is 3.59. The average Bonchev–Trinajstić information content (AvgIpc) is 3.43. The first kappa shape index (κ1) is 18.9. The van der Waals surface area contributed by atoms with Crippen molar-refractivity contribution in [1.82, 2.24) is 15.1 Å². The number of rotatable bonds is 6. The summed E-state index contributed by atoms with van der Waals surface area (Å²) in [7, 11) is 0. The minimum Gasteiger partial charge on any atom is -0.451 e. The van der Waals surface area contributed by atoms with Gasteiger partial charge < -0.3 is 10.1 Å². The molecule has 1 N–H and O–H groups in total. The molecule has 0 atom stereocenters. The van der Waals surface area contributed by atoms with E-state index in [0.29, 0.717) is 5.69 Å². The molecule has 0 aliphatic heterocycles. The van der Waals surface area contributed by atoms with Gasteiger partial charge in [-0.25, -0.2) is 9.48 Å². The summed E-state index contributed by atoms with van der Waals surface area (Å²) < 4.78 is 6.85. The highest BCUT2D eigenvalue weighted by atomic mass is 16.5. The Kier molecular flexibility index (Phi) is 5.70. The van der Waals surface area contributed by atoms with Gasteiger partial charge in [-0.3, -0.25) is 4.79 Å². The van der Waals surface area contributed by atoms with Gasteiger partial charge in [-0.1, -0.05) is 61.4 Å². The summed E-state index contributed by atoms with van der Waals surface area (Å²) >= 11 is 0. The zero-order chi connectivity index (χ0) is 20.1. The average molecular weight is 389 g/mol. The minimum absolute atomic E-state index is 0.195. The number of nitrogens with one attached hydrogen (secondary N) is 1. The van der Waals surface area contributed by atoms with Crippen molar-refractivity contribution in [2.75, 3.05) is 6.61 Å². The molecule has 29 heavy (non-hydrogen) atoms. The van der Waals surface area contributed by atoms with E-state index in [0.717, 1.165) is 36.9 Å². The number of aromatic nitrogens is 2. The molecule has 1 aliphatic carbocycles. The van der Waals surface area contributed by atoms with Gasteiger partial charge >= 0.3 is 5.97 Å². The predicted octanol–water partition coefficient (Wildman–Crippen LogP) is 3.75. The van der Waals surface area contributed by atoms with Crippen LogP contribution in [-0.4, -0.2) is 34.3 Å². The van der Waals surface area contributed by atoms with Crippen LogP contribution in [-0.2, 0) is 9.53 Å². The third-order valence-corrected chi connectivity index (χ3v) is 5.04. The second-order valence-corrected chi connectivity index (χ2v) is 7.15. The van der Waals surface area contributed by atoms with Crippen LogP contribution in [0.15, 0.2) is 66.7 Å². The van der Waals surface area contributed by atoms with Gasteiger partial charge in [0, 0.05) is 11.6 Å². The summed E-state index contributed by atoms with van der Waals surface area (Å²) in [5, 5.41) is 7.52. The SMILES string of the molecule is O=C(COC(=O)c1cc(-c2ccccc2)nn1-c1ccccc1)NC1CCCC1. The Morgan fingerprint density at radius 2 is 1.66 bits per heavy atom. The summed E-state index contributed by atoms with van der Waals surface area (Å²) in [6, 6.07) is 20.9. The summed E-state index contributed by atoms with van der Waals surface area (Å²) in [5.74, 6) is -0.843. The van der Waals surface area contributed by atoms with Crippen LogP contribution in [0, 0.1) is 0 Å². The van der Waals surface area contributed by atoms with Crippen molar-refractivity contribution in [3.63, 3.8) is 0 Å². The molecule has 148 valence electrons. The monoisotopic (exact) mass is 389 g/mol. The van der Waals surface area contributed by atoms with E-state index >= 15 is 0 Å². The summed E-state index contributed by atoms with van der Waals surface area (Å²) in [6.45, 7) is -0.296. The van der Waals surface area contributed by atoms with E-state index in [4.69, 9.17) is 4.74 Å². The number of nitrogens with zero attached hydrogens (tertiary/aromatic N) is 2. The van der Waals surface area contributed by atoms with Crippen molar-refractivity contribution < 1.29 is 14.3 Å². The van der Waals surface area contributed by atoms with E-state index in [2.05, 4.69) is 10.4 Å². The van der Waals surface area contributed by atoms with Crippen LogP contribution in [0.2, 0.25) is 0 Å². The molecule has 4 rings (SSSR count). The third-order valence-electron chi connectivity index (χ3n) is 5.04. The molecule has 0 bridgehead atoms. The highest BCUT2D eigenvalue weighted by Gasteiger charge is 2.21. The maximum absolute atomic E-state index is 12.8. The molecule has 1 amide bonds. The number of hydrogen-bond acceptors (Lipinski definition) is 4. The Hall–Kier alpha value is -3.41. The van der Waals surface area contributed by atoms with Crippen LogP contribution >= 0.6 is 0 Å². The lowest BCUT2D eigenvalue weighted by Crippen LogP contribution is -2.36. The van der Waals surface area contributed by atoms with Crippen molar-refractivity contribution in [2.45, 2.75) is 31.7 Å². The molecule has 3 aromatic rings. The molecule has 1 aromatic heterocycles. The number of esters is 1. The Bertz CT molecular complexity index is 977. The van der Waals surface area contributed by atoms with Crippen LogP contribution in [0.5, 0.6) is 0 Å². The van der Waals surface area contributed by atoms with Gasteiger partial charge in [0.05, 0.1) is 11.4 Å². The lowest BCUT2D eigenvalue weighted by atomic mass is 10.1. The zero-order valence-corrected chi connectivity index (χ0v) is 16.1. The van der Waals surface area contributed by atoms with Crippen molar-refractivity contribution in [3.8, 4) is 16.9 Å². The molecule has 1 heterocycles. The van der Waals surface area contributed by atoms with Gasteiger partial charge in [0.2, 0.25) is 0 Å². The molecule has 1 aliphatic rings. The van der Waals surface area contributed by atoms with Crippen LogP contribution in [0.1, 0.15) is 36.2 Å². The summed E-state index contributed by atoms with van der Waals surface area (Å²) in [4.78, 5) is 24.9. The smallest absolute Gasteiger partial charge is 0.357 e. The number of amides is 1. The maximum atomic E-state index is 12.8. The van der Waals surface area contributed by atoms with Crippen molar-refractivity contribution in [1.29, 1.82) is 0 Å². The normalized spacial score (nSPS) is 13.9. The van der Waals surface area contributed by atoms with Gasteiger partial charge in [-0.2, -0.15) is 5.10 Å². The van der Waals surface area contributed by atoms with E-state index in [1.165, 1.54) is 0 Å². The predicted molar refractivity (Wildman–Crippen MR) is 110 cm³/mol. The Morgan fingerprint density at radius 3 is 2.34 bits per heavy atom. The molecular formula is C23H23N3O3. The molecule has 0 radical (unpaired) electrons. The minimum atomic E-state index is -0.579. The fraction of sp³-hybridized carbons (Fsp3) is 0.261. The molecule has 1 saturated carbocycles. The van der Waals surface area contributed by atoms with Gasteiger partial charge in [0.15, 0.2) is 12.3 Å².